The average Bonchev–Trinajstić information content (AvgIpc) is 3.22. The predicted molar refractivity (Wildman–Crippen MR) is 102 cm³/mol. The van der Waals surface area contributed by atoms with Crippen LogP contribution in [0.3, 0.4) is 0 Å². The fraction of sp³-hybridized carbons (Fsp3) is 0.600. The quantitative estimate of drug-likeness (QED) is 0.778. The van der Waals surface area contributed by atoms with Crippen LogP contribution >= 0.6 is 0 Å². The van der Waals surface area contributed by atoms with Gasteiger partial charge in [-0.05, 0) is 58.1 Å². The molecule has 0 spiro atoms. The first-order valence-electron chi connectivity index (χ1n) is 9.52. The van der Waals surface area contributed by atoms with Crippen LogP contribution in [0.25, 0.3) is 0 Å². The molecule has 140 valence electrons. The first-order valence-corrected chi connectivity index (χ1v) is 9.52. The van der Waals surface area contributed by atoms with Crippen LogP contribution in [0.2, 0.25) is 0 Å². The molecule has 0 amide bonds. The van der Waals surface area contributed by atoms with E-state index in [2.05, 4.69) is 56.9 Å². The molecule has 0 unspecified atom stereocenters. The third-order valence-electron chi connectivity index (χ3n) is 6.19. The zero-order chi connectivity index (χ0) is 18.4. The van der Waals surface area contributed by atoms with Crippen LogP contribution in [-0.4, -0.2) is 37.7 Å². The summed E-state index contributed by atoms with van der Waals surface area (Å²) in [6.07, 6.45) is 5.34. The van der Waals surface area contributed by atoms with Crippen molar-refractivity contribution in [2.75, 3.05) is 18.0 Å². The second-order valence-electron chi connectivity index (χ2n) is 8.42. The first kappa shape index (κ1) is 17.7. The number of ether oxygens (including phenoxy) is 2. The minimum absolute atomic E-state index is 0.0945. The standard InChI is InChI=1S/C20H28BNO4/c1-19(2)20(3,4)26-21(25-19)16-5-7-17(8-6-16)22-11-9-15(10-12-22)18-23-13-14-24-18/h5-8,13-15,18H,9-12H2,1-4H3. The molecule has 0 radical (unpaired) electrons. The van der Waals surface area contributed by atoms with Crippen LogP contribution in [0.15, 0.2) is 36.8 Å². The van der Waals surface area contributed by atoms with Crippen LogP contribution in [-0.2, 0) is 18.8 Å². The van der Waals surface area contributed by atoms with Gasteiger partial charge in [0.05, 0.1) is 11.2 Å². The van der Waals surface area contributed by atoms with Crippen LogP contribution in [0.5, 0.6) is 0 Å². The summed E-state index contributed by atoms with van der Waals surface area (Å²) < 4.78 is 23.3. The number of anilines is 1. The molecule has 3 aliphatic rings. The van der Waals surface area contributed by atoms with Crippen LogP contribution < -0.4 is 10.4 Å². The van der Waals surface area contributed by atoms with Crippen molar-refractivity contribution in [3.8, 4) is 0 Å². The van der Waals surface area contributed by atoms with E-state index in [1.165, 1.54) is 5.69 Å². The molecule has 0 aliphatic carbocycles. The molecular weight excluding hydrogens is 329 g/mol. The van der Waals surface area contributed by atoms with E-state index in [9.17, 15) is 0 Å². The minimum Gasteiger partial charge on any atom is -0.459 e. The van der Waals surface area contributed by atoms with E-state index in [-0.39, 0.29) is 24.6 Å². The van der Waals surface area contributed by atoms with Crippen molar-refractivity contribution in [2.45, 2.75) is 58.0 Å². The Labute approximate surface area is 156 Å². The lowest BCUT2D eigenvalue weighted by atomic mass is 9.79. The van der Waals surface area contributed by atoms with E-state index in [1.807, 2.05) is 0 Å². The predicted octanol–water partition coefficient (Wildman–Crippen LogP) is 3.05. The van der Waals surface area contributed by atoms with Crippen molar-refractivity contribution in [1.82, 2.24) is 0 Å². The van der Waals surface area contributed by atoms with Crippen molar-refractivity contribution in [3.63, 3.8) is 0 Å². The lowest BCUT2D eigenvalue weighted by Gasteiger charge is -2.35. The van der Waals surface area contributed by atoms with Crippen LogP contribution in [0.1, 0.15) is 40.5 Å². The van der Waals surface area contributed by atoms with Crippen molar-refractivity contribution in [1.29, 1.82) is 0 Å². The molecule has 4 rings (SSSR count). The molecule has 0 saturated carbocycles. The lowest BCUT2D eigenvalue weighted by Crippen LogP contribution is -2.41. The number of hydrogen-bond donors (Lipinski definition) is 0. The highest BCUT2D eigenvalue weighted by molar-refractivity contribution is 6.62. The number of hydrogen-bond acceptors (Lipinski definition) is 5. The van der Waals surface area contributed by atoms with Crippen molar-refractivity contribution >= 4 is 18.3 Å². The molecule has 6 heteroatoms. The first-order chi connectivity index (χ1) is 12.4. The van der Waals surface area contributed by atoms with Crippen LogP contribution in [0.4, 0.5) is 5.69 Å². The van der Waals surface area contributed by atoms with E-state index < -0.39 is 0 Å². The molecule has 2 fully saturated rings. The molecule has 1 aromatic rings. The number of rotatable bonds is 3. The highest BCUT2D eigenvalue weighted by Crippen LogP contribution is 2.36. The third-order valence-corrected chi connectivity index (χ3v) is 6.19. The zero-order valence-electron chi connectivity index (χ0n) is 16.1. The Bertz CT molecular complexity index is 641. The Balaban J connectivity index is 1.37. The maximum atomic E-state index is 6.14. The largest absolute Gasteiger partial charge is 0.494 e. The normalized spacial score (nSPS) is 25.4. The van der Waals surface area contributed by atoms with E-state index in [4.69, 9.17) is 18.8 Å². The van der Waals surface area contributed by atoms with Gasteiger partial charge in [-0.15, -0.1) is 0 Å². The van der Waals surface area contributed by atoms with E-state index in [0.717, 1.165) is 31.4 Å². The molecule has 3 heterocycles. The summed E-state index contributed by atoms with van der Waals surface area (Å²) in [5, 5.41) is 0. The van der Waals surface area contributed by atoms with Crippen molar-refractivity contribution < 1.29 is 18.8 Å². The highest BCUT2D eigenvalue weighted by Gasteiger charge is 2.51. The summed E-state index contributed by atoms with van der Waals surface area (Å²) in [7, 11) is -0.302. The van der Waals surface area contributed by atoms with Gasteiger partial charge in [0.15, 0.2) is 0 Å². The molecule has 2 saturated heterocycles. The molecule has 3 aliphatic heterocycles. The summed E-state index contributed by atoms with van der Waals surface area (Å²) in [6, 6.07) is 8.59. The second-order valence-corrected chi connectivity index (χ2v) is 8.42. The summed E-state index contributed by atoms with van der Waals surface area (Å²) in [4.78, 5) is 2.42. The van der Waals surface area contributed by atoms with Gasteiger partial charge in [-0.2, -0.15) is 0 Å². The molecule has 0 N–H and O–H groups in total. The highest BCUT2D eigenvalue weighted by atomic mass is 16.7. The molecule has 5 nitrogen and oxygen atoms in total. The molecular formula is C20H28BNO4. The Morgan fingerprint density at radius 3 is 1.96 bits per heavy atom. The van der Waals surface area contributed by atoms with Crippen molar-refractivity contribution in [2.24, 2.45) is 5.92 Å². The summed E-state index contributed by atoms with van der Waals surface area (Å²) in [5.74, 6) is 0.463. The van der Waals surface area contributed by atoms with E-state index in [0.29, 0.717) is 5.92 Å². The van der Waals surface area contributed by atoms with E-state index in [1.54, 1.807) is 12.5 Å². The Morgan fingerprint density at radius 2 is 1.42 bits per heavy atom. The summed E-state index contributed by atoms with van der Waals surface area (Å²) in [6.45, 7) is 10.4. The van der Waals surface area contributed by atoms with Crippen LogP contribution in [0, 0.1) is 5.92 Å². The molecule has 0 aromatic heterocycles. The fourth-order valence-corrected chi connectivity index (χ4v) is 3.72. The monoisotopic (exact) mass is 357 g/mol. The van der Waals surface area contributed by atoms with Gasteiger partial charge in [0.25, 0.3) is 0 Å². The Kier molecular flexibility index (Phi) is 4.44. The second kappa shape index (κ2) is 6.50. The topological polar surface area (TPSA) is 40.2 Å². The minimum atomic E-state index is -0.308. The van der Waals surface area contributed by atoms with Gasteiger partial charge in [0.2, 0.25) is 6.29 Å². The summed E-state index contributed by atoms with van der Waals surface area (Å²) in [5.41, 5.74) is 1.70. The van der Waals surface area contributed by atoms with Crippen molar-refractivity contribution in [3.05, 3.63) is 36.8 Å². The van der Waals surface area contributed by atoms with Gasteiger partial charge in [0.1, 0.15) is 12.5 Å². The number of piperidine rings is 1. The maximum Gasteiger partial charge on any atom is 0.494 e. The Morgan fingerprint density at radius 1 is 0.885 bits per heavy atom. The van der Waals surface area contributed by atoms with Gasteiger partial charge in [-0.1, -0.05) is 12.1 Å². The van der Waals surface area contributed by atoms with Gasteiger partial charge in [0, 0.05) is 24.7 Å². The number of nitrogens with zero attached hydrogens (tertiary/aromatic N) is 1. The smallest absolute Gasteiger partial charge is 0.459 e. The van der Waals surface area contributed by atoms with E-state index >= 15 is 0 Å². The Hall–Kier alpha value is -1.66. The average molecular weight is 357 g/mol. The zero-order valence-corrected chi connectivity index (χ0v) is 16.1. The fourth-order valence-electron chi connectivity index (χ4n) is 3.72. The van der Waals surface area contributed by atoms with Gasteiger partial charge >= 0.3 is 7.12 Å². The van der Waals surface area contributed by atoms with Gasteiger partial charge in [-0.25, -0.2) is 0 Å². The summed E-state index contributed by atoms with van der Waals surface area (Å²) >= 11 is 0. The number of benzene rings is 1. The van der Waals surface area contributed by atoms with Gasteiger partial charge < -0.3 is 23.7 Å². The lowest BCUT2D eigenvalue weighted by molar-refractivity contribution is -0.0728. The maximum absolute atomic E-state index is 6.14. The molecule has 1 aromatic carbocycles. The molecule has 0 atom stereocenters. The SMILES string of the molecule is CC1(C)OB(c2ccc(N3CCC(C4OC=CO4)CC3)cc2)OC1(C)C. The molecule has 0 bridgehead atoms. The third kappa shape index (κ3) is 3.21. The molecule has 26 heavy (non-hydrogen) atoms. The van der Waals surface area contributed by atoms with Gasteiger partial charge in [-0.3, -0.25) is 0 Å².